The molecular weight excluding hydrogens is 168 g/mol. The van der Waals surface area contributed by atoms with E-state index in [0.29, 0.717) is 12.8 Å². The highest BCUT2D eigenvalue weighted by Crippen LogP contribution is 1.98. The van der Waals surface area contributed by atoms with E-state index in [9.17, 15) is 9.90 Å². The maximum Gasteiger partial charge on any atom is 0.304 e. The lowest BCUT2D eigenvalue weighted by Crippen LogP contribution is -2.02. The van der Waals surface area contributed by atoms with Crippen molar-refractivity contribution in [2.24, 2.45) is 0 Å². The molecular formula is C10H16O3. The average molecular weight is 184 g/mol. The molecule has 0 bridgehead atoms. The summed E-state index contributed by atoms with van der Waals surface area (Å²) in [6.45, 7) is 2.05. The molecule has 0 aromatic heterocycles. The van der Waals surface area contributed by atoms with Gasteiger partial charge in [0.05, 0.1) is 6.42 Å². The van der Waals surface area contributed by atoms with E-state index in [4.69, 9.17) is 5.11 Å². The van der Waals surface area contributed by atoms with Crippen LogP contribution >= 0.6 is 0 Å². The van der Waals surface area contributed by atoms with Crippen molar-refractivity contribution in [3.05, 3.63) is 0 Å². The SMILES string of the molecule is CCCCC(O)C#CCCC(=O)O. The number of aliphatic hydroxyl groups is 1. The summed E-state index contributed by atoms with van der Waals surface area (Å²) in [6.07, 6.45) is 2.44. The van der Waals surface area contributed by atoms with Gasteiger partial charge in [0.25, 0.3) is 0 Å². The van der Waals surface area contributed by atoms with Crippen LogP contribution in [0.25, 0.3) is 0 Å². The molecule has 0 saturated heterocycles. The lowest BCUT2D eigenvalue weighted by Gasteiger charge is -1.99. The van der Waals surface area contributed by atoms with Crippen LogP contribution in [0.15, 0.2) is 0 Å². The van der Waals surface area contributed by atoms with Gasteiger partial charge < -0.3 is 10.2 Å². The van der Waals surface area contributed by atoms with Gasteiger partial charge in [-0.2, -0.15) is 0 Å². The van der Waals surface area contributed by atoms with Gasteiger partial charge in [0.1, 0.15) is 6.10 Å². The van der Waals surface area contributed by atoms with Gasteiger partial charge in [-0.3, -0.25) is 4.79 Å². The third kappa shape index (κ3) is 8.90. The van der Waals surface area contributed by atoms with Gasteiger partial charge >= 0.3 is 5.97 Å². The molecule has 13 heavy (non-hydrogen) atoms. The fraction of sp³-hybridized carbons (Fsp3) is 0.700. The average Bonchev–Trinajstić information content (AvgIpc) is 2.08. The molecule has 0 aliphatic heterocycles. The van der Waals surface area contributed by atoms with Gasteiger partial charge in [0, 0.05) is 6.42 Å². The Kier molecular flexibility index (Phi) is 7.04. The third-order valence-corrected chi connectivity index (χ3v) is 1.56. The summed E-state index contributed by atoms with van der Waals surface area (Å²) >= 11 is 0. The second-order valence-corrected chi connectivity index (χ2v) is 2.87. The van der Waals surface area contributed by atoms with E-state index in [0.717, 1.165) is 12.8 Å². The van der Waals surface area contributed by atoms with Crippen LogP contribution in [0, 0.1) is 11.8 Å². The molecule has 2 N–H and O–H groups in total. The zero-order valence-electron chi connectivity index (χ0n) is 7.92. The minimum absolute atomic E-state index is 0.0491. The number of hydrogen-bond donors (Lipinski definition) is 2. The van der Waals surface area contributed by atoms with E-state index in [2.05, 4.69) is 11.8 Å². The van der Waals surface area contributed by atoms with Crippen molar-refractivity contribution in [2.75, 3.05) is 0 Å². The quantitative estimate of drug-likeness (QED) is 0.635. The van der Waals surface area contributed by atoms with Gasteiger partial charge in [-0.25, -0.2) is 0 Å². The molecule has 3 nitrogen and oxygen atoms in total. The number of carboxylic acids is 1. The number of rotatable bonds is 5. The monoisotopic (exact) mass is 184 g/mol. The molecule has 0 saturated carbocycles. The first-order valence-corrected chi connectivity index (χ1v) is 4.55. The Morgan fingerprint density at radius 2 is 2.23 bits per heavy atom. The van der Waals surface area contributed by atoms with Crippen molar-refractivity contribution in [3.8, 4) is 11.8 Å². The van der Waals surface area contributed by atoms with E-state index in [1.807, 2.05) is 6.92 Å². The highest BCUT2D eigenvalue weighted by atomic mass is 16.4. The van der Waals surface area contributed by atoms with E-state index >= 15 is 0 Å². The zero-order chi connectivity index (χ0) is 10.1. The maximum atomic E-state index is 10.1. The Bertz CT molecular complexity index is 200. The normalized spacial score (nSPS) is 11.5. The Labute approximate surface area is 78.8 Å². The van der Waals surface area contributed by atoms with Crippen molar-refractivity contribution >= 4 is 5.97 Å². The van der Waals surface area contributed by atoms with Crippen LogP contribution in [0.4, 0.5) is 0 Å². The van der Waals surface area contributed by atoms with E-state index < -0.39 is 12.1 Å². The molecule has 74 valence electrons. The van der Waals surface area contributed by atoms with Gasteiger partial charge in [-0.05, 0) is 6.42 Å². The summed E-state index contributed by atoms with van der Waals surface area (Å²) in [5.74, 6) is 4.41. The minimum Gasteiger partial charge on any atom is -0.481 e. The van der Waals surface area contributed by atoms with Crippen LogP contribution in [0.2, 0.25) is 0 Å². The Morgan fingerprint density at radius 1 is 1.54 bits per heavy atom. The molecule has 0 fully saturated rings. The van der Waals surface area contributed by atoms with Crippen molar-refractivity contribution < 1.29 is 15.0 Å². The number of aliphatic carboxylic acids is 1. The number of aliphatic hydroxyl groups excluding tert-OH is 1. The zero-order valence-corrected chi connectivity index (χ0v) is 7.92. The molecule has 1 atom stereocenters. The lowest BCUT2D eigenvalue weighted by molar-refractivity contribution is -0.136. The highest BCUT2D eigenvalue weighted by molar-refractivity contribution is 5.66. The molecule has 0 heterocycles. The molecule has 0 aliphatic rings. The molecule has 1 unspecified atom stereocenters. The molecule has 0 aromatic carbocycles. The van der Waals surface area contributed by atoms with Crippen LogP contribution < -0.4 is 0 Å². The lowest BCUT2D eigenvalue weighted by atomic mass is 10.1. The second kappa shape index (κ2) is 7.63. The number of hydrogen-bond acceptors (Lipinski definition) is 2. The van der Waals surface area contributed by atoms with Crippen LogP contribution in [-0.4, -0.2) is 22.3 Å². The summed E-state index contributed by atoms with van der Waals surface area (Å²) in [4.78, 5) is 10.1. The van der Waals surface area contributed by atoms with Gasteiger partial charge in [-0.15, -0.1) is 0 Å². The van der Waals surface area contributed by atoms with E-state index in [1.165, 1.54) is 0 Å². The smallest absolute Gasteiger partial charge is 0.304 e. The van der Waals surface area contributed by atoms with E-state index in [-0.39, 0.29) is 6.42 Å². The number of carboxylic acid groups (broad SMARTS) is 1. The molecule has 0 rings (SSSR count). The fourth-order valence-corrected chi connectivity index (χ4v) is 0.829. The predicted molar refractivity (Wildman–Crippen MR) is 50.2 cm³/mol. The molecule has 0 amide bonds. The Morgan fingerprint density at radius 3 is 2.77 bits per heavy atom. The third-order valence-electron chi connectivity index (χ3n) is 1.56. The predicted octanol–water partition coefficient (Wildman–Crippen LogP) is 1.41. The summed E-state index contributed by atoms with van der Waals surface area (Å²) in [5.41, 5.74) is 0. The van der Waals surface area contributed by atoms with Crippen molar-refractivity contribution in [1.29, 1.82) is 0 Å². The largest absolute Gasteiger partial charge is 0.481 e. The first-order valence-electron chi connectivity index (χ1n) is 4.55. The first-order chi connectivity index (χ1) is 6.16. The van der Waals surface area contributed by atoms with Crippen LogP contribution in [0.5, 0.6) is 0 Å². The van der Waals surface area contributed by atoms with Gasteiger partial charge in [-0.1, -0.05) is 31.6 Å². The summed E-state index contributed by atoms with van der Waals surface area (Å²) in [6, 6.07) is 0. The molecule has 3 heteroatoms. The number of unbranched alkanes of at least 4 members (excludes halogenated alkanes) is 1. The first kappa shape index (κ1) is 12.0. The van der Waals surface area contributed by atoms with Crippen molar-refractivity contribution in [1.82, 2.24) is 0 Å². The molecule has 0 spiro atoms. The molecule has 0 aromatic rings. The summed E-state index contributed by atoms with van der Waals surface area (Å²) in [7, 11) is 0. The second-order valence-electron chi connectivity index (χ2n) is 2.87. The van der Waals surface area contributed by atoms with Gasteiger partial charge in [0.15, 0.2) is 0 Å². The Hall–Kier alpha value is -1.01. The van der Waals surface area contributed by atoms with E-state index in [1.54, 1.807) is 0 Å². The summed E-state index contributed by atoms with van der Waals surface area (Å²) in [5, 5.41) is 17.5. The fourth-order valence-electron chi connectivity index (χ4n) is 0.829. The molecule has 0 aliphatic carbocycles. The summed E-state index contributed by atoms with van der Waals surface area (Å²) < 4.78 is 0. The highest BCUT2D eigenvalue weighted by Gasteiger charge is 1.97. The van der Waals surface area contributed by atoms with Crippen LogP contribution in [0.3, 0.4) is 0 Å². The number of carbonyl (C=O) groups is 1. The topological polar surface area (TPSA) is 57.5 Å². The minimum atomic E-state index is -0.850. The van der Waals surface area contributed by atoms with Crippen molar-refractivity contribution in [3.63, 3.8) is 0 Å². The van der Waals surface area contributed by atoms with Crippen LogP contribution in [0.1, 0.15) is 39.0 Å². The van der Waals surface area contributed by atoms with Crippen molar-refractivity contribution in [2.45, 2.75) is 45.1 Å². The molecule has 0 radical (unpaired) electrons. The standard InChI is InChI=1S/C10H16O3/c1-2-3-6-9(11)7-4-5-8-10(12)13/h9,11H,2-3,5-6,8H2,1H3,(H,12,13). The Balaban J connectivity index is 3.50. The van der Waals surface area contributed by atoms with Crippen LogP contribution in [-0.2, 0) is 4.79 Å². The van der Waals surface area contributed by atoms with Gasteiger partial charge in [0.2, 0.25) is 0 Å². The maximum absolute atomic E-state index is 10.1.